The van der Waals surface area contributed by atoms with Gasteiger partial charge in [0.05, 0.1) is 88.7 Å². The number of para-hydroxylation sites is 2. The van der Waals surface area contributed by atoms with E-state index < -0.39 is 0 Å². The monoisotopic (exact) mass is 997 g/mol. The molecule has 0 saturated carbocycles. The third kappa shape index (κ3) is 9.71. The molecule has 352 valence electrons. The SMILES string of the molecule is Cc1c(-c2ccccc2F)nc2ccccc2c1Nc1cc(-c2ccnc(N)n2)ccc1N1CCOCC1.Cc1c(-c2ccccc2F)nc2ccccc2c1Nc1cc(Br)ccc1N1CCOCC1. The number of nitrogens with two attached hydrogens (primary N) is 1. The number of pyridine rings is 2. The number of aromatic nitrogens is 4. The van der Waals surface area contributed by atoms with Gasteiger partial charge in [-0.1, -0.05) is 82.7 Å². The first-order valence-corrected chi connectivity index (χ1v) is 24.0. The number of hydrogen-bond donors (Lipinski definition) is 3. The first-order chi connectivity index (χ1) is 34.2. The zero-order chi connectivity index (χ0) is 48.1. The maximum Gasteiger partial charge on any atom is 0.220 e. The number of nitrogens with zero attached hydrogens (tertiary/aromatic N) is 6. The number of ether oxygens (including phenoxy) is 2. The van der Waals surface area contributed by atoms with Crippen LogP contribution in [0.15, 0.2) is 150 Å². The van der Waals surface area contributed by atoms with Crippen molar-refractivity contribution in [3.8, 4) is 33.8 Å². The van der Waals surface area contributed by atoms with E-state index in [0.29, 0.717) is 48.9 Å². The summed E-state index contributed by atoms with van der Waals surface area (Å²) in [5.74, 6) is -0.359. The third-order valence-electron chi connectivity index (χ3n) is 12.7. The highest BCUT2D eigenvalue weighted by Gasteiger charge is 2.22. The molecule has 0 radical (unpaired) electrons. The van der Waals surface area contributed by atoms with E-state index in [1.54, 1.807) is 30.5 Å². The highest BCUT2D eigenvalue weighted by Crippen LogP contribution is 2.42. The predicted molar refractivity (Wildman–Crippen MR) is 282 cm³/mol. The first kappa shape index (κ1) is 46.2. The maximum absolute atomic E-state index is 14.9. The zero-order valence-corrected chi connectivity index (χ0v) is 40.3. The lowest BCUT2D eigenvalue weighted by atomic mass is 10.0. The molecule has 11 rings (SSSR count). The van der Waals surface area contributed by atoms with E-state index in [4.69, 9.17) is 25.2 Å². The summed E-state index contributed by atoms with van der Waals surface area (Å²) in [5.41, 5.74) is 19.0. The molecule has 2 aliphatic heterocycles. The van der Waals surface area contributed by atoms with Crippen LogP contribution in [0.1, 0.15) is 11.1 Å². The van der Waals surface area contributed by atoms with Crippen molar-refractivity contribution in [1.29, 1.82) is 0 Å². The smallest absolute Gasteiger partial charge is 0.220 e. The van der Waals surface area contributed by atoms with E-state index in [1.807, 2.05) is 80.6 Å². The molecule has 3 aromatic heterocycles. The lowest BCUT2D eigenvalue weighted by molar-refractivity contribution is 0.122. The minimum absolute atomic E-state index is 0.222. The Balaban J connectivity index is 0.000000165. The molecule has 14 heteroatoms. The van der Waals surface area contributed by atoms with Gasteiger partial charge in [-0.15, -0.1) is 0 Å². The van der Waals surface area contributed by atoms with E-state index in [-0.39, 0.29) is 17.6 Å². The summed E-state index contributed by atoms with van der Waals surface area (Å²) < 4.78 is 41.7. The number of hydrogen-bond acceptors (Lipinski definition) is 11. The average Bonchev–Trinajstić information content (AvgIpc) is 3.39. The second kappa shape index (κ2) is 20.6. The van der Waals surface area contributed by atoms with E-state index in [0.717, 1.165) is 109 Å². The Morgan fingerprint density at radius 3 is 1.54 bits per heavy atom. The van der Waals surface area contributed by atoms with Crippen LogP contribution in [0.2, 0.25) is 0 Å². The van der Waals surface area contributed by atoms with Crippen LogP contribution >= 0.6 is 15.9 Å². The summed E-state index contributed by atoms with van der Waals surface area (Å²) in [6.07, 6.45) is 1.65. The number of halogens is 3. The Morgan fingerprint density at radius 1 is 0.557 bits per heavy atom. The molecule has 0 unspecified atom stereocenters. The number of nitrogen functional groups attached to an aromatic ring is 1. The standard InChI is InChI=1S/C30H27FN6O.C26H23BrFN3O/c1-19-28(21-6-2-4-8-23(21)31)34-25-9-5-3-7-22(25)29(19)35-26-18-20(24-12-13-33-30(32)36-24)10-11-27(26)37-14-16-38-17-15-37;1-17-25(19-6-2-4-8-21(19)28)29-22-9-5-3-7-20(22)26(17)30-23-16-18(27)10-11-24(23)31-12-14-32-15-13-31/h2-13,18H,14-17H2,1H3,(H,34,35)(H2,32,33,36);2-11,16H,12-15H2,1H3,(H,29,30). The molecule has 0 bridgehead atoms. The summed E-state index contributed by atoms with van der Waals surface area (Å²) in [6.45, 7) is 9.98. The van der Waals surface area contributed by atoms with Crippen LogP contribution < -0.4 is 26.2 Å². The van der Waals surface area contributed by atoms with Crippen LogP contribution in [0.3, 0.4) is 0 Å². The van der Waals surface area contributed by atoms with Crippen molar-refractivity contribution in [2.75, 3.05) is 78.8 Å². The summed E-state index contributed by atoms with van der Waals surface area (Å²) in [4.78, 5) is 22.8. The van der Waals surface area contributed by atoms with Crippen LogP contribution in [-0.2, 0) is 9.47 Å². The fourth-order valence-electron chi connectivity index (χ4n) is 9.14. The highest BCUT2D eigenvalue weighted by atomic mass is 79.9. The molecule has 0 amide bonds. The third-order valence-corrected chi connectivity index (χ3v) is 13.2. The van der Waals surface area contributed by atoms with Crippen molar-refractivity contribution < 1.29 is 18.3 Å². The van der Waals surface area contributed by atoms with Crippen LogP contribution in [-0.4, -0.2) is 72.5 Å². The average molecular weight is 999 g/mol. The van der Waals surface area contributed by atoms with Gasteiger partial charge in [-0.25, -0.2) is 28.7 Å². The van der Waals surface area contributed by atoms with Crippen molar-refractivity contribution in [1.82, 2.24) is 19.9 Å². The molecule has 2 saturated heterocycles. The van der Waals surface area contributed by atoms with Gasteiger partial charge in [0.25, 0.3) is 0 Å². The predicted octanol–water partition coefficient (Wildman–Crippen LogP) is 12.7. The van der Waals surface area contributed by atoms with Crippen molar-refractivity contribution in [3.63, 3.8) is 0 Å². The van der Waals surface area contributed by atoms with Crippen LogP contribution in [0.5, 0.6) is 0 Å². The topological polar surface area (TPSA) is 127 Å². The van der Waals surface area contributed by atoms with Gasteiger partial charge in [0.1, 0.15) is 11.6 Å². The summed E-state index contributed by atoms with van der Waals surface area (Å²) in [6, 6.07) is 43.7. The van der Waals surface area contributed by atoms with Gasteiger partial charge < -0.3 is 35.6 Å². The largest absolute Gasteiger partial charge is 0.378 e. The van der Waals surface area contributed by atoms with Gasteiger partial charge in [-0.3, -0.25) is 0 Å². The van der Waals surface area contributed by atoms with Crippen LogP contribution in [0.4, 0.5) is 48.9 Å². The van der Waals surface area contributed by atoms with Crippen LogP contribution in [0.25, 0.3) is 55.6 Å². The Labute approximate surface area is 413 Å². The quantitative estimate of drug-likeness (QED) is 0.128. The van der Waals surface area contributed by atoms with Gasteiger partial charge in [0, 0.05) is 64.3 Å². The number of rotatable bonds is 9. The number of fused-ring (bicyclic) bond motifs is 2. The van der Waals surface area contributed by atoms with Crippen molar-refractivity contribution in [2.24, 2.45) is 0 Å². The number of nitrogens with one attached hydrogen (secondary N) is 2. The molecular weight excluding hydrogens is 949 g/mol. The molecule has 0 aliphatic carbocycles. The number of anilines is 7. The minimum Gasteiger partial charge on any atom is -0.378 e. The van der Waals surface area contributed by atoms with E-state index in [1.165, 1.54) is 12.1 Å². The molecular formula is C56H50BrF2N9O2. The van der Waals surface area contributed by atoms with E-state index in [2.05, 4.69) is 82.7 Å². The van der Waals surface area contributed by atoms with Crippen molar-refractivity contribution >= 4 is 77.8 Å². The molecule has 2 aliphatic rings. The van der Waals surface area contributed by atoms with Gasteiger partial charge in [-0.2, -0.15) is 0 Å². The Kier molecular flexibility index (Phi) is 13.6. The molecule has 11 nitrogen and oxygen atoms in total. The Morgan fingerprint density at radius 2 is 1.03 bits per heavy atom. The molecule has 6 aromatic carbocycles. The molecule has 2 fully saturated rings. The second-order valence-corrected chi connectivity index (χ2v) is 18.0. The fraction of sp³-hybridized carbons (Fsp3) is 0.179. The van der Waals surface area contributed by atoms with Crippen LogP contribution in [0, 0.1) is 25.5 Å². The molecule has 70 heavy (non-hydrogen) atoms. The Bertz CT molecular complexity index is 3360. The Hall–Kier alpha value is -7.52. The molecule has 0 spiro atoms. The maximum atomic E-state index is 14.9. The first-order valence-electron chi connectivity index (χ1n) is 23.2. The molecule has 9 aromatic rings. The lowest BCUT2D eigenvalue weighted by Gasteiger charge is -2.31. The summed E-state index contributed by atoms with van der Waals surface area (Å²) in [7, 11) is 0. The molecule has 0 atom stereocenters. The summed E-state index contributed by atoms with van der Waals surface area (Å²) in [5, 5.41) is 9.34. The normalized spacial score (nSPS) is 13.8. The van der Waals surface area contributed by atoms with E-state index in [9.17, 15) is 8.78 Å². The molecule has 5 heterocycles. The minimum atomic E-state index is -0.304. The van der Waals surface area contributed by atoms with Gasteiger partial charge >= 0.3 is 0 Å². The fourth-order valence-corrected chi connectivity index (χ4v) is 9.50. The van der Waals surface area contributed by atoms with E-state index >= 15 is 0 Å². The number of morpholine rings is 2. The highest BCUT2D eigenvalue weighted by molar-refractivity contribution is 9.10. The van der Waals surface area contributed by atoms with Gasteiger partial charge in [-0.05, 0) is 97.8 Å². The van der Waals surface area contributed by atoms with Gasteiger partial charge in [0.2, 0.25) is 5.95 Å². The zero-order valence-electron chi connectivity index (χ0n) is 38.7. The van der Waals surface area contributed by atoms with Crippen molar-refractivity contribution in [3.05, 3.63) is 173 Å². The summed E-state index contributed by atoms with van der Waals surface area (Å²) >= 11 is 3.62. The lowest BCUT2D eigenvalue weighted by Crippen LogP contribution is -2.36. The van der Waals surface area contributed by atoms with Crippen molar-refractivity contribution in [2.45, 2.75) is 13.8 Å². The second-order valence-electron chi connectivity index (χ2n) is 17.1. The van der Waals surface area contributed by atoms with Gasteiger partial charge in [0.15, 0.2) is 0 Å². The number of benzene rings is 6. The molecule has 4 N–H and O–H groups in total.